The van der Waals surface area contributed by atoms with Gasteiger partial charge in [-0.2, -0.15) is 0 Å². The normalized spacial score (nSPS) is 10.8. The van der Waals surface area contributed by atoms with Gasteiger partial charge in [-0.25, -0.2) is 0 Å². The molecule has 17 heavy (non-hydrogen) atoms. The molecule has 3 nitrogen and oxygen atoms in total. The van der Waals surface area contributed by atoms with Crippen LogP contribution in [0.15, 0.2) is 24.3 Å². The number of benzene rings is 2. The maximum atomic E-state index is 9.62. The second-order valence-corrected chi connectivity index (χ2v) is 4.30. The summed E-state index contributed by atoms with van der Waals surface area (Å²) in [6.45, 7) is 4.96. The minimum absolute atomic E-state index is 0.0723. The molecule has 0 saturated heterocycles. The summed E-state index contributed by atoms with van der Waals surface area (Å²) in [6, 6.07) is 7.31. The molecule has 2 rings (SSSR count). The van der Waals surface area contributed by atoms with E-state index in [1.54, 1.807) is 12.1 Å². The zero-order chi connectivity index (χ0) is 12.6. The van der Waals surface area contributed by atoms with E-state index in [1.807, 2.05) is 26.1 Å². The Morgan fingerprint density at radius 2 is 1.65 bits per heavy atom. The van der Waals surface area contributed by atoms with E-state index >= 15 is 0 Å². The molecule has 2 aromatic rings. The van der Waals surface area contributed by atoms with Crippen molar-refractivity contribution in [2.75, 3.05) is 18.5 Å². The van der Waals surface area contributed by atoms with Gasteiger partial charge in [-0.1, -0.05) is 6.07 Å². The predicted molar refractivity (Wildman–Crippen MR) is 71.0 cm³/mol. The van der Waals surface area contributed by atoms with Crippen LogP contribution in [-0.4, -0.2) is 23.8 Å². The fourth-order valence-electron chi connectivity index (χ4n) is 2.00. The number of rotatable bonds is 2. The Hall–Kier alpha value is -1.90. The molecule has 0 unspecified atom stereocenters. The number of phenolic OH excluding ortho intramolecular Hbond substituents is 2. The zero-order valence-electron chi connectivity index (χ0n) is 10.4. The Bertz CT molecular complexity index is 564. The summed E-state index contributed by atoms with van der Waals surface area (Å²) < 4.78 is 0. The van der Waals surface area contributed by atoms with E-state index < -0.39 is 0 Å². The molecule has 0 heterocycles. The lowest BCUT2D eigenvalue weighted by atomic mass is 10.0. The Morgan fingerprint density at radius 3 is 2.24 bits per heavy atom. The van der Waals surface area contributed by atoms with Gasteiger partial charge in [0.15, 0.2) is 11.5 Å². The average Bonchev–Trinajstić information content (AvgIpc) is 2.31. The second kappa shape index (κ2) is 4.17. The van der Waals surface area contributed by atoms with Crippen LogP contribution in [0.4, 0.5) is 5.69 Å². The van der Waals surface area contributed by atoms with Crippen LogP contribution in [0.25, 0.3) is 10.8 Å². The quantitative estimate of drug-likeness (QED) is 0.781. The van der Waals surface area contributed by atoms with Gasteiger partial charge in [0, 0.05) is 24.7 Å². The van der Waals surface area contributed by atoms with E-state index in [2.05, 4.69) is 11.8 Å². The summed E-state index contributed by atoms with van der Waals surface area (Å²) in [5, 5.41) is 21.1. The van der Waals surface area contributed by atoms with Gasteiger partial charge in [0.2, 0.25) is 0 Å². The van der Waals surface area contributed by atoms with Gasteiger partial charge in [0.05, 0.1) is 0 Å². The number of phenols is 2. The highest BCUT2D eigenvalue weighted by molar-refractivity contribution is 5.98. The first-order chi connectivity index (χ1) is 8.04. The first-order valence-corrected chi connectivity index (χ1v) is 5.71. The lowest BCUT2D eigenvalue weighted by Gasteiger charge is -2.20. The van der Waals surface area contributed by atoms with E-state index in [0.29, 0.717) is 0 Å². The molecule has 3 heteroatoms. The first kappa shape index (κ1) is 11.6. The van der Waals surface area contributed by atoms with E-state index in [0.717, 1.165) is 28.6 Å². The van der Waals surface area contributed by atoms with Crippen molar-refractivity contribution in [2.24, 2.45) is 0 Å². The van der Waals surface area contributed by atoms with Crippen LogP contribution in [0.3, 0.4) is 0 Å². The Morgan fingerprint density at radius 1 is 1.06 bits per heavy atom. The molecule has 2 N–H and O–H groups in total. The minimum Gasteiger partial charge on any atom is -0.504 e. The number of aryl methyl sites for hydroxylation is 1. The van der Waals surface area contributed by atoms with Gasteiger partial charge < -0.3 is 15.1 Å². The predicted octanol–water partition coefficient (Wildman–Crippen LogP) is 3.02. The standard InChI is InChI=1S/C14H17NO2/c1-4-15(3)12-6-5-9(2)10-7-13(16)14(17)8-11(10)12/h5-8,16-17H,4H2,1-3H3. The van der Waals surface area contributed by atoms with Gasteiger partial charge in [0.25, 0.3) is 0 Å². The molecule has 0 aliphatic heterocycles. The third kappa shape index (κ3) is 1.88. The molecule has 0 amide bonds. The van der Waals surface area contributed by atoms with Crippen molar-refractivity contribution in [1.29, 1.82) is 0 Å². The molecular formula is C14H17NO2. The summed E-state index contributed by atoms with van der Waals surface area (Å²) >= 11 is 0. The molecule has 0 aromatic heterocycles. The van der Waals surface area contributed by atoms with Crippen molar-refractivity contribution < 1.29 is 10.2 Å². The van der Waals surface area contributed by atoms with Crippen molar-refractivity contribution in [3.05, 3.63) is 29.8 Å². The monoisotopic (exact) mass is 231 g/mol. The molecule has 0 saturated carbocycles. The van der Waals surface area contributed by atoms with Crippen LogP contribution in [0, 0.1) is 6.92 Å². The lowest BCUT2D eigenvalue weighted by molar-refractivity contribution is 0.405. The maximum Gasteiger partial charge on any atom is 0.158 e. The molecule has 0 aliphatic carbocycles. The lowest BCUT2D eigenvalue weighted by Crippen LogP contribution is -2.16. The van der Waals surface area contributed by atoms with Crippen molar-refractivity contribution >= 4 is 16.5 Å². The summed E-state index contributed by atoms with van der Waals surface area (Å²) in [5.41, 5.74) is 2.15. The van der Waals surface area contributed by atoms with E-state index in [1.165, 1.54) is 0 Å². The third-order valence-corrected chi connectivity index (χ3v) is 3.19. The van der Waals surface area contributed by atoms with Gasteiger partial charge in [0.1, 0.15) is 0 Å². The molecule has 0 fully saturated rings. The number of hydrogen-bond donors (Lipinski definition) is 2. The van der Waals surface area contributed by atoms with Crippen LogP contribution >= 0.6 is 0 Å². The van der Waals surface area contributed by atoms with Crippen molar-refractivity contribution in [3.8, 4) is 11.5 Å². The van der Waals surface area contributed by atoms with Crippen molar-refractivity contribution in [3.63, 3.8) is 0 Å². The van der Waals surface area contributed by atoms with Crippen LogP contribution in [0.2, 0.25) is 0 Å². The number of nitrogens with zero attached hydrogens (tertiary/aromatic N) is 1. The highest BCUT2D eigenvalue weighted by Crippen LogP contribution is 2.36. The topological polar surface area (TPSA) is 43.7 Å². The fourth-order valence-corrected chi connectivity index (χ4v) is 2.00. The number of aromatic hydroxyl groups is 2. The Kier molecular flexibility index (Phi) is 2.84. The largest absolute Gasteiger partial charge is 0.504 e. The summed E-state index contributed by atoms with van der Waals surface area (Å²) in [6.07, 6.45) is 0. The molecule has 0 atom stereocenters. The van der Waals surface area contributed by atoms with E-state index in [4.69, 9.17) is 0 Å². The molecule has 0 spiro atoms. The second-order valence-electron chi connectivity index (χ2n) is 4.30. The van der Waals surface area contributed by atoms with Gasteiger partial charge in [-0.05, 0) is 43.0 Å². The summed E-state index contributed by atoms with van der Waals surface area (Å²) in [5.74, 6) is -0.147. The highest BCUT2D eigenvalue weighted by atomic mass is 16.3. The van der Waals surface area contributed by atoms with Gasteiger partial charge in [-0.15, -0.1) is 0 Å². The molecule has 0 radical (unpaired) electrons. The Balaban J connectivity index is 2.80. The molecule has 0 bridgehead atoms. The number of anilines is 1. The molecule has 90 valence electrons. The molecular weight excluding hydrogens is 214 g/mol. The molecule has 2 aromatic carbocycles. The van der Waals surface area contributed by atoms with Crippen molar-refractivity contribution in [2.45, 2.75) is 13.8 Å². The summed E-state index contributed by atoms with van der Waals surface area (Å²) in [4.78, 5) is 2.11. The minimum atomic E-state index is -0.0751. The van der Waals surface area contributed by atoms with Gasteiger partial charge >= 0.3 is 0 Å². The van der Waals surface area contributed by atoms with Crippen LogP contribution < -0.4 is 4.90 Å². The average molecular weight is 231 g/mol. The summed E-state index contributed by atoms with van der Waals surface area (Å²) in [7, 11) is 2.01. The zero-order valence-corrected chi connectivity index (χ0v) is 10.4. The van der Waals surface area contributed by atoms with Crippen LogP contribution in [-0.2, 0) is 0 Å². The highest BCUT2D eigenvalue weighted by Gasteiger charge is 2.10. The van der Waals surface area contributed by atoms with Crippen molar-refractivity contribution in [1.82, 2.24) is 0 Å². The number of fused-ring (bicyclic) bond motifs is 1. The van der Waals surface area contributed by atoms with Crippen LogP contribution in [0.1, 0.15) is 12.5 Å². The Labute approximate surface area is 101 Å². The van der Waals surface area contributed by atoms with Gasteiger partial charge in [-0.3, -0.25) is 0 Å². The maximum absolute atomic E-state index is 9.62. The van der Waals surface area contributed by atoms with E-state index in [9.17, 15) is 10.2 Å². The fraction of sp³-hybridized carbons (Fsp3) is 0.286. The van der Waals surface area contributed by atoms with E-state index in [-0.39, 0.29) is 11.5 Å². The van der Waals surface area contributed by atoms with Crippen LogP contribution in [0.5, 0.6) is 11.5 Å². The smallest absolute Gasteiger partial charge is 0.158 e. The SMILES string of the molecule is CCN(C)c1ccc(C)c2cc(O)c(O)cc12. The first-order valence-electron chi connectivity index (χ1n) is 5.71. The number of hydrogen-bond acceptors (Lipinski definition) is 3. The third-order valence-electron chi connectivity index (χ3n) is 3.19. The molecule has 0 aliphatic rings.